The van der Waals surface area contributed by atoms with Gasteiger partial charge in [-0.25, -0.2) is 9.78 Å². The van der Waals surface area contributed by atoms with Gasteiger partial charge >= 0.3 is 6.03 Å². The van der Waals surface area contributed by atoms with E-state index < -0.39 is 18.1 Å². The van der Waals surface area contributed by atoms with Crippen LogP contribution in [0.2, 0.25) is 0 Å². The highest BCUT2D eigenvalue weighted by molar-refractivity contribution is 5.93. The lowest BCUT2D eigenvalue weighted by Crippen LogP contribution is -2.55. The van der Waals surface area contributed by atoms with E-state index in [-0.39, 0.29) is 11.8 Å². The lowest BCUT2D eigenvalue weighted by molar-refractivity contribution is -0.139. The molecule has 1 aromatic heterocycles. The monoisotopic (exact) mass is 518 g/mol. The minimum atomic E-state index is -0.817. The Morgan fingerprint density at radius 1 is 1.11 bits per heavy atom. The highest BCUT2D eigenvalue weighted by Crippen LogP contribution is 2.22. The number of ether oxygens (including phenoxy) is 1. The second-order valence-electron chi connectivity index (χ2n) is 9.27. The fourth-order valence-corrected chi connectivity index (χ4v) is 4.74. The van der Waals surface area contributed by atoms with Gasteiger partial charge < -0.3 is 31.3 Å². The van der Waals surface area contributed by atoms with Crippen molar-refractivity contribution in [3.8, 4) is 5.75 Å². The first-order chi connectivity index (χ1) is 18.4. The standard InChI is InChI=1S/C28H34N6O4/c1-3-30-28(37)33-23(16-18-6-9-21(38-2)10-7-18)27(36)34-14-4-5-24(34)26(35)32-17-19-8-11-22-20(15-19)12-13-31-25(22)29/h6-13,15,23-24H,3-5,14,16-17H2,1-2H3,(H2,29,31)(H,32,35)(H2,30,33,37)/t23?,24-/m0/s1. The SMILES string of the molecule is CCNC(=O)NC(Cc1ccc(OC)cc1)C(=O)N1CCC[C@H]1C(=O)NCc1ccc2c(N)nccc2c1. The number of nitrogens with two attached hydrogens (primary N) is 1. The predicted octanol–water partition coefficient (Wildman–Crippen LogP) is 2.36. The van der Waals surface area contributed by atoms with Crippen molar-refractivity contribution in [2.45, 2.75) is 44.8 Å². The molecule has 1 fully saturated rings. The number of methoxy groups -OCH3 is 1. The molecule has 3 aromatic rings. The van der Waals surface area contributed by atoms with E-state index >= 15 is 0 Å². The number of urea groups is 1. The van der Waals surface area contributed by atoms with Gasteiger partial charge in [0.15, 0.2) is 0 Å². The maximum atomic E-state index is 13.6. The number of pyridine rings is 1. The number of benzene rings is 2. The molecule has 1 unspecified atom stereocenters. The number of likely N-dealkylation sites (tertiary alicyclic amines) is 1. The van der Waals surface area contributed by atoms with Gasteiger partial charge in [-0.2, -0.15) is 0 Å². The van der Waals surface area contributed by atoms with Crippen LogP contribution in [0.3, 0.4) is 0 Å². The molecule has 1 saturated heterocycles. The van der Waals surface area contributed by atoms with E-state index in [2.05, 4.69) is 20.9 Å². The van der Waals surface area contributed by atoms with Gasteiger partial charge in [0, 0.05) is 37.6 Å². The molecule has 0 bridgehead atoms. The van der Waals surface area contributed by atoms with Crippen LogP contribution in [0.15, 0.2) is 54.7 Å². The van der Waals surface area contributed by atoms with Crippen LogP contribution in [-0.4, -0.2) is 60.0 Å². The maximum Gasteiger partial charge on any atom is 0.315 e. The molecule has 1 aliphatic rings. The molecule has 2 aromatic carbocycles. The molecule has 0 radical (unpaired) electrons. The fourth-order valence-electron chi connectivity index (χ4n) is 4.74. The molecule has 0 aliphatic carbocycles. The Hall–Kier alpha value is -4.34. The number of hydrogen-bond donors (Lipinski definition) is 4. The molecule has 5 N–H and O–H groups in total. The first kappa shape index (κ1) is 26.7. The van der Waals surface area contributed by atoms with Gasteiger partial charge in [-0.05, 0) is 60.5 Å². The van der Waals surface area contributed by atoms with Crippen molar-refractivity contribution < 1.29 is 19.1 Å². The largest absolute Gasteiger partial charge is 0.497 e. The summed E-state index contributed by atoms with van der Waals surface area (Å²) < 4.78 is 5.21. The molecule has 10 heteroatoms. The molecule has 2 atom stereocenters. The number of rotatable bonds is 9. The minimum Gasteiger partial charge on any atom is -0.497 e. The lowest BCUT2D eigenvalue weighted by atomic mass is 10.0. The molecule has 0 saturated carbocycles. The Kier molecular flexibility index (Phi) is 8.62. The number of carbonyl (C=O) groups excluding carboxylic acids is 3. The van der Waals surface area contributed by atoms with Crippen LogP contribution in [-0.2, 0) is 22.6 Å². The fraction of sp³-hybridized carbons (Fsp3) is 0.357. The third-order valence-corrected chi connectivity index (χ3v) is 6.70. The third kappa shape index (κ3) is 6.31. The van der Waals surface area contributed by atoms with Crippen LogP contribution in [0, 0.1) is 0 Å². The van der Waals surface area contributed by atoms with E-state index in [4.69, 9.17) is 10.5 Å². The molecule has 2 heterocycles. The Bertz CT molecular complexity index is 1300. The Balaban J connectivity index is 1.44. The van der Waals surface area contributed by atoms with Gasteiger partial charge in [-0.15, -0.1) is 0 Å². The van der Waals surface area contributed by atoms with Crippen LogP contribution in [0.5, 0.6) is 5.75 Å². The molecule has 10 nitrogen and oxygen atoms in total. The molecule has 38 heavy (non-hydrogen) atoms. The van der Waals surface area contributed by atoms with Crippen LogP contribution in [0.25, 0.3) is 10.8 Å². The average Bonchev–Trinajstić information content (AvgIpc) is 3.42. The van der Waals surface area contributed by atoms with Crippen molar-refractivity contribution in [1.29, 1.82) is 0 Å². The number of nitrogens with one attached hydrogen (secondary N) is 3. The summed E-state index contributed by atoms with van der Waals surface area (Å²) in [6, 6.07) is 13.1. The number of anilines is 1. The van der Waals surface area contributed by atoms with Crippen molar-refractivity contribution in [3.05, 3.63) is 65.9 Å². The van der Waals surface area contributed by atoms with E-state index in [1.807, 2.05) is 55.5 Å². The van der Waals surface area contributed by atoms with Crippen molar-refractivity contribution in [1.82, 2.24) is 25.8 Å². The summed E-state index contributed by atoms with van der Waals surface area (Å²) in [5, 5.41) is 10.3. The smallest absolute Gasteiger partial charge is 0.315 e. The lowest BCUT2D eigenvalue weighted by Gasteiger charge is -2.29. The first-order valence-electron chi connectivity index (χ1n) is 12.8. The zero-order valence-corrected chi connectivity index (χ0v) is 21.7. The van der Waals surface area contributed by atoms with Gasteiger partial charge in [0.25, 0.3) is 0 Å². The Morgan fingerprint density at radius 3 is 2.61 bits per heavy atom. The van der Waals surface area contributed by atoms with Crippen LogP contribution in [0.1, 0.15) is 30.9 Å². The third-order valence-electron chi connectivity index (χ3n) is 6.70. The summed E-state index contributed by atoms with van der Waals surface area (Å²) in [6.07, 6.45) is 3.22. The van der Waals surface area contributed by atoms with E-state index in [1.54, 1.807) is 18.2 Å². The van der Waals surface area contributed by atoms with Gasteiger partial charge in [0.2, 0.25) is 11.8 Å². The maximum absolute atomic E-state index is 13.6. The van der Waals surface area contributed by atoms with E-state index in [9.17, 15) is 14.4 Å². The molecule has 1 aliphatic heterocycles. The van der Waals surface area contributed by atoms with E-state index in [0.29, 0.717) is 50.5 Å². The quantitative estimate of drug-likeness (QED) is 0.343. The highest BCUT2D eigenvalue weighted by Gasteiger charge is 2.37. The minimum absolute atomic E-state index is 0.216. The topological polar surface area (TPSA) is 139 Å². The first-order valence-corrected chi connectivity index (χ1v) is 12.8. The number of carbonyl (C=O) groups is 3. The van der Waals surface area contributed by atoms with Crippen molar-refractivity contribution in [3.63, 3.8) is 0 Å². The summed E-state index contributed by atoms with van der Waals surface area (Å²) in [5.74, 6) is 0.671. The number of nitrogen functional groups attached to an aromatic ring is 1. The van der Waals surface area contributed by atoms with Crippen LogP contribution in [0.4, 0.5) is 10.6 Å². The molecule has 0 spiro atoms. The second-order valence-corrected chi connectivity index (χ2v) is 9.27. The van der Waals surface area contributed by atoms with Gasteiger partial charge in [0.1, 0.15) is 23.7 Å². The Labute approximate surface area is 221 Å². The number of hydrogen-bond acceptors (Lipinski definition) is 6. The zero-order valence-electron chi connectivity index (χ0n) is 21.7. The van der Waals surface area contributed by atoms with Crippen molar-refractivity contribution in [2.75, 3.05) is 25.9 Å². The molecule has 200 valence electrons. The number of aromatic nitrogens is 1. The summed E-state index contributed by atoms with van der Waals surface area (Å²) in [7, 11) is 1.59. The summed E-state index contributed by atoms with van der Waals surface area (Å²) in [5.41, 5.74) is 7.72. The average molecular weight is 519 g/mol. The predicted molar refractivity (Wildman–Crippen MR) is 145 cm³/mol. The van der Waals surface area contributed by atoms with Crippen molar-refractivity contribution in [2.24, 2.45) is 0 Å². The number of fused-ring (bicyclic) bond motifs is 1. The van der Waals surface area contributed by atoms with Gasteiger partial charge in [-0.1, -0.05) is 24.3 Å². The molecular formula is C28H34N6O4. The zero-order chi connectivity index (χ0) is 27.1. The van der Waals surface area contributed by atoms with Gasteiger partial charge in [0.05, 0.1) is 7.11 Å². The molecule has 4 amide bonds. The summed E-state index contributed by atoms with van der Waals surface area (Å²) >= 11 is 0. The van der Waals surface area contributed by atoms with E-state index in [0.717, 1.165) is 21.9 Å². The highest BCUT2D eigenvalue weighted by atomic mass is 16.5. The van der Waals surface area contributed by atoms with Crippen LogP contribution >= 0.6 is 0 Å². The number of amides is 4. The molecular weight excluding hydrogens is 484 g/mol. The normalized spacial score (nSPS) is 15.6. The van der Waals surface area contributed by atoms with Crippen molar-refractivity contribution >= 4 is 34.4 Å². The summed E-state index contributed by atoms with van der Waals surface area (Å²) in [4.78, 5) is 44.9. The van der Waals surface area contributed by atoms with Crippen LogP contribution < -0.4 is 26.4 Å². The summed E-state index contributed by atoms with van der Waals surface area (Å²) in [6.45, 7) is 3.02. The van der Waals surface area contributed by atoms with Gasteiger partial charge in [-0.3, -0.25) is 9.59 Å². The second kappa shape index (κ2) is 12.3. The Morgan fingerprint density at radius 2 is 1.87 bits per heavy atom. The van der Waals surface area contributed by atoms with E-state index in [1.165, 1.54) is 0 Å². The number of nitrogens with zero attached hydrogens (tertiary/aromatic N) is 2. The molecule has 4 rings (SSSR count).